The summed E-state index contributed by atoms with van der Waals surface area (Å²) < 4.78 is 0. The Morgan fingerprint density at radius 2 is 2.38 bits per heavy atom. The fourth-order valence-electron chi connectivity index (χ4n) is 0.822. The molecule has 1 atom stereocenters. The third-order valence-electron chi connectivity index (χ3n) is 1.31. The second-order valence-corrected chi connectivity index (χ2v) is 2.66. The van der Waals surface area contributed by atoms with Crippen LogP contribution < -0.4 is 10.6 Å². The molecule has 1 heterocycles. The van der Waals surface area contributed by atoms with Crippen LogP contribution in [0.4, 0.5) is 0 Å². The molecular formula is C5H11BrN2. The topological polar surface area (TPSA) is 24.1 Å². The molecule has 0 bridgehead atoms. The van der Waals surface area contributed by atoms with Gasteiger partial charge in [0, 0.05) is 31.0 Å². The lowest BCUT2D eigenvalue weighted by Crippen LogP contribution is -2.49. The van der Waals surface area contributed by atoms with Crippen LogP contribution in [0.2, 0.25) is 0 Å². The van der Waals surface area contributed by atoms with Crippen molar-refractivity contribution in [3.05, 3.63) is 0 Å². The van der Waals surface area contributed by atoms with Crippen molar-refractivity contribution < 1.29 is 0 Å². The maximum atomic E-state index is 3.41. The Morgan fingerprint density at radius 1 is 1.50 bits per heavy atom. The first-order chi connectivity index (χ1) is 3.93. The van der Waals surface area contributed by atoms with Crippen molar-refractivity contribution in [2.75, 3.05) is 25.0 Å². The van der Waals surface area contributed by atoms with E-state index in [4.69, 9.17) is 0 Å². The molecule has 0 aromatic carbocycles. The summed E-state index contributed by atoms with van der Waals surface area (Å²) in [5, 5.41) is 7.71. The van der Waals surface area contributed by atoms with E-state index in [-0.39, 0.29) is 0 Å². The molecule has 1 aliphatic heterocycles. The maximum Gasteiger partial charge on any atom is 0.0289 e. The number of nitrogens with one attached hydrogen (secondary N) is 2. The first-order valence-electron chi connectivity index (χ1n) is 2.93. The van der Waals surface area contributed by atoms with Crippen LogP contribution in [-0.4, -0.2) is 31.0 Å². The Bertz CT molecular complexity index is 61.4. The van der Waals surface area contributed by atoms with E-state index in [9.17, 15) is 0 Å². The highest BCUT2D eigenvalue weighted by atomic mass is 79.9. The largest absolute Gasteiger partial charge is 0.314 e. The van der Waals surface area contributed by atoms with Gasteiger partial charge in [0.25, 0.3) is 0 Å². The summed E-state index contributed by atoms with van der Waals surface area (Å²) in [4.78, 5) is 0. The van der Waals surface area contributed by atoms with Gasteiger partial charge in [0.2, 0.25) is 0 Å². The van der Waals surface area contributed by atoms with Crippen LogP contribution >= 0.6 is 15.9 Å². The highest BCUT2D eigenvalue weighted by molar-refractivity contribution is 9.09. The molecule has 1 fully saturated rings. The van der Waals surface area contributed by atoms with Crippen molar-refractivity contribution in [1.29, 1.82) is 0 Å². The molecule has 0 amide bonds. The van der Waals surface area contributed by atoms with Crippen LogP contribution in [0.5, 0.6) is 0 Å². The lowest BCUT2D eigenvalue weighted by molar-refractivity contribution is 0.448. The highest BCUT2D eigenvalue weighted by Crippen LogP contribution is 1.90. The Morgan fingerprint density at radius 3 is 2.75 bits per heavy atom. The Hall–Kier alpha value is 0.400. The van der Waals surface area contributed by atoms with E-state index in [2.05, 4.69) is 26.6 Å². The summed E-state index contributed by atoms with van der Waals surface area (Å²) in [5.41, 5.74) is 0. The summed E-state index contributed by atoms with van der Waals surface area (Å²) in [6.07, 6.45) is 0. The van der Waals surface area contributed by atoms with Gasteiger partial charge in [-0.1, -0.05) is 15.9 Å². The molecule has 8 heavy (non-hydrogen) atoms. The van der Waals surface area contributed by atoms with Crippen LogP contribution in [0.25, 0.3) is 0 Å². The molecule has 0 aliphatic carbocycles. The fourth-order valence-corrected chi connectivity index (χ4v) is 1.28. The SMILES string of the molecule is BrCC1CNCCN1. The minimum atomic E-state index is 0.642. The first kappa shape index (κ1) is 6.52. The Kier molecular flexibility index (Phi) is 2.80. The van der Waals surface area contributed by atoms with Crippen LogP contribution in [0.3, 0.4) is 0 Å². The zero-order chi connectivity index (χ0) is 5.82. The van der Waals surface area contributed by atoms with Gasteiger partial charge >= 0.3 is 0 Å². The summed E-state index contributed by atoms with van der Waals surface area (Å²) in [6.45, 7) is 3.32. The lowest BCUT2D eigenvalue weighted by atomic mass is 10.3. The molecule has 2 N–H and O–H groups in total. The van der Waals surface area contributed by atoms with Crippen molar-refractivity contribution in [3.8, 4) is 0 Å². The number of hydrogen-bond donors (Lipinski definition) is 2. The van der Waals surface area contributed by atoms with Gasteiger partial charge in [-0.25, -0.2) is 0 Å². The molecule has 0 spiro atoms. The van der Waals surface area contributed by atoms with E-state index >= 15 is 0 Å². The van der Waals surface area contributed by atoms with Gasteiger partial charge in [-0.2, -0.15) is 0 Å². The van der Waals surface area contributed by atoms with Crippen molar-refractivity contribution in [2.45, 2.75) is 6.04 Å². The standard InChI is InChI=1S/C5H11BrN2/c6-3-5-4-7-1-2-8-5/h5,7-8H,1-4H2. The van der Waals surface area contributed by atoms with E-state index in [0.717, 1.165) is 25.0 Å². The average molecular weight is 179 g/mol. The van der Waals surface area contributed by atoms with Gasteiger partial charge in [-0.3, -0.25) is 0 Å². The smallest absolute Gasteiger partial charge is 0.0289 e. The summed E-state index contributed by atoms with van der Waals surface area (Å²) in [6, 6.07) is 0.642. The molecule has 0 saturated carbocycles. The fraction of sp³-hybridized carbons (Fsp3) is 1.00. The van der Waals surface area contributed by atoms with E-state index < -0.39 is 0 Å². The zero-order valence-electron chi connectivity index (χ0n) is 4.78. The number of hydrogen-bond acceptors (Lipinski definition) is 2. The minimum Gasteiger partial charge on any atom is -0.314 e. The van der Waals surface area contributed by atoms with E-state index in [1.165, 1.54) is 0 Å². The molecule has 48 valence electrons. The van der Waals surface area contributed by atoms with Crippen LogP contribution in [0.15, 0.2) is 0 Å². The molecule has 0 aromatic heterocycles. The normalized spacial score (nSPS) is 30.4. The van der Waals surface area contributed by atoms with Crippen LogP contribution in [0, 0.1) is 0 Å². The molecule has 1 unspecified atom stereocenters. The molecule has 1 saturated heterocycles. The van der Waals surface area contributed by atoms with Crippen molar-refractivity contribution >= 4 is 15.9 Å². The third-order valence-corrected chi connectivity index (χ3v) is 2.09. The van der Waals surface area contributed by atoms with Gasteiger partial charge in [0.15, 0.2) is 0 Å². The van der Waals surface area contributed by atoms with Crippen molar-refractivity contribution in [1.82, 2.24) is 10.6 Å². The molecule has 0 radical (unpaired) electrons. The number of rotatable bonds is 1. The monoisotopic (exact) mass is 178 g/mol. The van der Waals surface area contributed by atoms with Crippen molar-refractivity contribution in [2.24, 2.45) is 0 Å². The summed E-state index contributed by atoms with van der Waals surface area (Å²) in [5.74, 6) is 0. The summed E-state index contributed by atoms with van der Waals surface area (Å²) in [7, 11) is 0. The molecule has 3 heteroatoms. The zero-order valence-corrected chi connectivity index (χ0v) is 6.37. The van der Waals surface area contributed by atoms with Crippen LogP contribution in [0.1, 0.15) is 0 Å². The van der Waals surface area contributed by atoms with Crippen molar-refractivity contribution in [3.63, 3.8) is 0 Å². The predicted molar refractivity (Wildman–Crippen MR) is 38.5 cm³/mol. The number of alkyl halides is 1. The summed E-state index contributed by atoms with van der Waals surface area (Å²) >= 11 is 3.41. The molecule has 2 nitrogen and oxygen atoms in total. The Labute approximate surface area is 58.2 Å². The van der Waals surface area contributed by atoms with Crippen LogP contribution in [-0.2, 0) is 0 Å². The predicted octanol–water partition coefficient (Wildman–Crippen LogP) is -0.0573. The van der Waals surface area contributed by atoms with Gasteiger partial charge in [0.05, 0.1) is 0 Å². The second kappa shape index (κ2) is 3.43. The van der Waals surface area contributed by atoms with E-state index in [0.29, 0.717) is 6.04 Å². The van der Waals surface area contributed by atoms with E-state index in [1.54, 1.807) is 0 Å². The first-order valence-corrected chi connectivity index (χ1v) is 4.05. The maximum absolute atomic E-state index is 3.41. The highest BCUT2D eigenvalue weighted by Gasteiger charge is 2.08. The molecule has 1 aliphatic rings. The van der Waals surface area contributed by atoms with Gasteiger partial charge in [-0.05, 0) is 0 Å². The lowest BCUT2D eigenvalue weighted by Gasteiger charge is -2.21. The number of piperazine rings is 1. The van der Waals surface area contributed by atoms with Gasteiger partial charge < -0.3 is 10.6 Å². The van der Waals surface area contributed by atoms with Gasteiger partial charge in [0.1, 0.15) is 0 Å². The average Bonchev–Trinajstić information content (AvgIpc) is 1.90. The molecular weight excluding hydrogens is 168 g/mol. The third kappa shape index (κ3) is 1.73. The minimum absolute atomic E-state index is 0.642. The van der Waals surface area contributed by atoms with Gasteiger partial charge in [-0.15, -0.1) is 0 Å². The molecule has 0 aromatic rings. The Balaban J connectivity index is 2.13. The number of halogens is 1. The van der Waals surface area contributed by atoms with E-state index in [1.807, 2.05) is 0 Å². The second-order valence-electron chi connectivity index (χ2n) is 2.01. The quantitative estimate of drug-likeness (QED) is 0.551. The molecule has 1 rings (SSSR count).